The van der Waals surface area contributed by atoms with Crippen LogP contribution in [0, 0.1) is 0 Å². The lowest BCUT2D eigenvalue weighted by Crippen LogP contribution is -2.31. The van der Waals surface area contributed by atoms with E-state index in [1.54, 1.807) is 48.1 Å². The van der Waals surface area contributed by atoms with Crippen LogP contribution in [0.5, 0.6) is 11.5 Å². The van der Waals surface area contributed by atoms with Gasteiger partial charge in [-0.25, -0.2) is 0 Å². The molecule has 0 aliphatic carbocycles. The number of aliphatic carboxylic acids is 1. The van der Waals surface area contributed by atoms with Crippen LogP contribution in [-0.4, -0.2) is 35.8 Å². The van der Waals surface area contributed by atoms with E-state index in [1.165, 1.54) is 14.2 Å². The Morgan fingerprint density at radius 3 is 2.46 bits per heavy atom. The van der Waals surface area contributed by atoms with Gasteiger partial charge in [0.05, 0.1) is 26.7 Å². The predicted molar refractivity (Wildman–Crippen MR) is 87.4 cm³/mol. The molecule has 0 aliphatic heterocycles. The van der Waals surface area contributed by atoms with Gasteiger partial charge >= 0.3 is 5.97 Å². The maximum absolute atomic E-state index is 12.4. The normalized spacial score (nSPS) is 11.6. The number of carboxylic acids is 1. The number of nitrogens with one attached hydrogen (secondary N) is 1. The number of carbonyl (C=O) groups excluding carboxylic acids is 1. The summed E-state index contributed by atoms with van der Waals surface area (Å²) < 4.78 is 12.1. The SMILES string of the molecule is COc1ccc([C@@H](CC(=O)O)NC(=O)c2cccn2C)cc1OC. The van der Waals surface area contributed by atoms with Crippen LogP contribution >= 0.6 is 0 Å². The van der Waals surface area contributed by atoms with Crippen molar-refractivity contribution < 1.29 is 24.2 Å². The molecule has 7 nitrogen and oxygen atoms in total. The minimum Gasteiger partial charge on any atom is -0.493 e. The number of rotatable bonds is 7. The first kappa shape index (κ1) is 17.4. The van der Waals surface area contributed by atoms with Crippen molar-refractivity contribution in [2.45, 2.75) is 12.5 Å². The molecular weight excluding hydrogens is 312 g/mol. The fourth-order valence-corrected chi connectivity index (χ4v) is 2.43. The van der Waals surface area contributed by atoms with Gasteiger partial charge in [-0.3, -0.25) is 9.59 Å². The molecule has 0 saturated carbocycles. The maximum atomic E-state index is 12.4. The average molecular weight is 332 g/mol. The predicted octanol–water partition coefficient (Wildman–Crippen LogP) is 1.99. The van der Waals surface area contributed by atoms with E-state index in [2.05, 4.69) is 5.32 Å². The molecule has 2 N–H and O–H groups in total. The Morgan fingerprint density at radius 2 is 1.92 bits per heavy atom. The van der Waals surface area contributed by atoms with Gasteiger partial charge in [-0.05, 0) is 29.8 Å². The number of carbonyl (C=O) groups is 2. The third-order valence-electron chi connectivity index (χ3n) is 3.67. The number of nitrogens with zero attached hydrogens (tertiary/aromatic N) is 1. The summed E-state index contributed by atoms with van der Waals surface area (Å²) in [4.78, 5) is 23.6. The van der Waals surface area contributed by atoms with Crippen LogP contribution < -0.4 is 14.8 Å². The van der Waals surface area contributed by atoms with Crippen molar-refractivity contribution in [2.75, 3.05) is 14.2 Å². The highest BCUT2D eigenvalue weighted by Gasteiger charge is 2.21. The van der Waals surface area contributed by atoms with E-state index in [1.807, 2.05) is 0 Å². The largest absolute Gasteiger partial charge is 0.493 e. The van der Waals surface area contributed by atoms with Gasteiger partial charge in [-0.15, -0.1) is 0 Å². The second-order valence-corrected chi connectivity index (χ2v) is 5.24. The molecule has 0 fully saturated rings. The van der Waals surface area contributed by atoms with Gasteiger partial charge in [0, 0.05) is 13.2 Å². The van der Waals surface area contributed by atoms with Crippen LogP contribution in [0.25, 0.3) is 0 Å². The highest BCUT2D eigenvalue weighted by atomic mass is 16.5. The molecule has 0 bridgehead atoms. The third kappa shape index (κ3) is 3.87. The van der Waals surface area contributed by atoms with E-state index in [4.69, 9.17) is 14.6 Å². The first-order valence-electron chi connectivity index (χ1n) is 7.32. The van der Waals surface area contributed by atoms with Crippen LogP contribution in [0.4, 0.5) is 0 Å². The van der Waals surface area contributed by atoms with Crippen LogP contribution in [0.1, 0.15) is 28.5 Å². The number of ether oxygens (including phenoxy) is 2. The van der Waals surface area contributed by atoms with E-state index < -0.39 is 12.0 Å². The molecule has 0 saturated heterocycles. The van der Waals surface area contributed by atoms with E-state index in [9.17, 15) is 9.59 Å². The lowest BCUT2D eigenvalue weighted by atomic mass is 10.0. The van der Waals surface area contributed by atoms with Crippen molar-refractivity contribution in [3.8, 4) is 11.5 Å². The minimum absolute atomic E-state index is 0.244. The Morgan fingerprint density at radius 1 is 1.21 bits per heavy atom. The monoisotopic (exact) mass is 332 g/mol. The number of amides is 1. The van der Waals surface area contributed by atoms with Gasteiger partial charge in [0.1, 0.15) is 5.69 Å². The zero-order chi connectivity index (χ0) is 17.7. The Bertz CT molecular complexity index is 738. The Hall–Kier alpha value is -2.96. The summed E-state index contributed by atoms with van der Waals surface area (Å²) in [5.74, 6) is -0.354. The molecule has 1 aromatic carbocycles. The first-order chi connectivity index (χ1) is 11.5. The zero-order valence-corrected chi connectivity index (χ0v) is 13.8. The van der Waals surface area contributed by atoms with Gasteiger partial charge in [0.15, 0.2) is 11.5 Å². The summed E-state index contributed by atoms with van der Waals surface area (Å²) in [5, 5.41) is 11.9. The molecule has 7 heteroatoms. The molecule has 2 rings (SSSR count). The fourth-order valence-electron chi connectivity index (χ4n) is 2.43. The van der Waals surface area contributed by atoms with Gasteiger partial charge in [-0.2, -0.15) is 0 Å². The van der Waals surface area contributed by atoms with E-state index in [0.29, 0.717) is 22.8 Å². The number of hydrogen-bond donors (Lipinski definition) is 2. The lowest BCUT2D eigenvalue weighted by molar-refractivity contribution is -0.137. The van der Waals surface area contributed by atoms with E-state index in [0.717, 1.165) is 0 Å². The zero-order valence-electron chi connectivity index (χ0n) is 13.8. The second-order valence-electron chi connectivity index (χ2n) is 5.24. The number of aromatic nitrogens is 1. The minimum atomic E-state index is -1.01. The van der Waals surface area contributed by atoms with Crippen molar-refractivity contribution >= 4 is 11.9 Å². The van der Waals surface area contributed by atoms with Crippen LogP contribution in [0.15, 0.2) is 36.5 Å². The lowest BCUT2D eigenvalue weighted by Gasteiger charge is -2.19. The highest BCUT2D eigenvalue weighted by Crippen LogP contribution is 2.31. The standard InChI is InChI=1S/C17H20N2O5/c1-19-8-4-5-13(19)17(22)18-12(10-16(20)21)11-6-7-14(23-2)15(9-11)24-3/h4-9,12H,10H2,1-3H3,(H,18,22)(H,20,21)/t12-/m1/s1. The van der Waals surface area contributed by atoms with Crippen LogP contribution in [0.2, 0.25) is 0 Å². The average Bonchev–Trinajstić information content (AvgIpc) is 2.99. The Kier molecular flexibility index (Phi) is 5.47. The van der Waals surface area contributed by atoms with Crippen molar-refractivity contribution in [3.05, 3.63) is 47.8 Å². The first-order valence-corrected chi connectivity index (χ1v) is 7.32. The molecular formula is C17H20N2O5. The second kappa shape index (κ2) is 7.54. The molecule has 1 atom stereocenters. The fraction of sp³-hybridized carbons (Fsp3) is 0.294. The molecule has 0 spiro atoms. The summed E-state index contributed by atoms with van der Waals surface area (Å²) in [6, 6.07) is 7.78. The smallest absolute Gasteiger partial charge is 0.305 e. The molecule has 0 unspecified atom stereocenters. The Balaban J connectivity index is 2.30. The van der Waals surface area contributed by atoms with E-state index >= 15 is 0 Å². The summed E-state index contributed by atoms with van der Waals surface area (Å²) in [5.41, 5.74) is 1.07. The molecule has 0 radical (unpaired) electrons. The molecule has 1 aromatic heterocycles. The van der Waals surface area contributed by atoms with Crippen LogP contribution in [-0.2, 0) is 11.8 Å². The summed E-state index contributed by atoms with van der Waals surface area (Å²) in [6.07, 6.45) is 1.50. The van der Waals surface area contributed by atoms with Gasteiger partial charge < -0.3 is 24.5 Å². The number of aryl methyl sites for hydroxylation is 1. The highest BCUT2D eigenvalue weighted by molar-refractivity contribution is 5.93. The van der Waals surface area contributed by atoms with Crippen molar-refractivity contribution in [2.24, 2.45) is 7.05 Å². The Labute approximate surface area is 139 Å². The van der Waals surface area contributed by atoms with Crippen molar-refractivity contribution in [1.29, 1.82) is 0 Å². The number of benzene rings is 1. The third-order valence-corrected chi connectivity index (χ3v) is 3.67. The van der Waals surface area contributed by atoms with Crippen molar-refractivity contribution in [1.82, 2.24) is 9.88 Å². The number of methoxy groups -OCH3 is 2. The molecule has 2 aromatic rings. The molecule has 1 heterocycles. The van der Waals surface area contributed by atoms with Crippen molar-refractivity contribution in [3.63, 3.8) is 0 Å². The van der Waals surface area contributed by atoms with Gasteiger partial charge in [0.2, 0.25) is 0 Å². The van der Waals surface area contributed by atoms with Crippen LogP contribution in [0.3, 0.4) is 0 Å². The molecule has 0 aliphatic rings. The topological polar surface area (TPSA) is 89.8 Å². The molecule has 24 heavy (non-hydrogen) atoms. The molecule has 128 valence electrons. The summed E-state index contributed by atoms with van der Waals surface area (Å²) >= 11 is 0. The molecule has 1 amide bonds. The van der Waals surface area contributed by atoms with E-state index in [-0.39, 0.29) is 12.3 Å². The van der Waals surface area contributed by atoms with Gasteiger partial charge in [0.25, 0.3) is 5.91 Å². The summed E-state index contributed by atoms with van der Waals surface area (Å²) in [6.45, 7) is 0. The summed E-state index contributed by atoms with van der Waals surface area (Å²) in [7, 11) is 4.76. The maximum Gasteiger partial charge on any atom is 0.305 e. The van der Waals surface area contributed by atoms with Gasteiger partial charge in [-0.1, -0.05) is 6.07 Å². The quantitative estimate of drug-likeness (QED) is 0.809. The number of hydrogen-bond acceptors (Lipinski definition) is 4. The number of carboxylic acid groups (broad SMARTS) is 1.